The molecule has 0 radical (unpaired) electrons. The van der Waals surface area contributed by atoms with Crippen molar-refractivity contribution in [1.82, 2.24) is 15.3 Å². The first-order valence-electron chi connectivity index (χ1n) is 7.63. The fourth-order valence-corrected chi connectivity index (χ4v) is 2.60. The maximum absolute atomic E-state index is 5.46. The minimum atomic E-state index is 0.526. The third-order valence-corrected chi connectivity index (χ3v) is 3.52. The molecule has 1 aromatic heterocycles. The van der Waals surface area contributed by atoms with E-state index in [1.54, 1.807) is 6.33 Å². The van der Waals surface area contributed by atoms with E-state index < -0.39 is 0 Å². The van der Waals surface area contributed by atoms with Gasteiger partial charge in [-0.25, -0.2) is 9.97 Å². The van der Waals surface area contributed by atoms with Gasteiger partial charge in [-0.1, -0.05) is 13.8 Å². The largest absolute Gasteiger partial charge is 0.478 e. The van der Waals surface area contributed by atoms with Crippen molar-refractivity contribution in [3.05, 3.63) is 12.4 Å². The molecule has 0 saturated carbocycles. The topological polar surface area (TPSA) is 50.3 Å². The molecule has 1 aromatic rings. The van der Waals surface area contributed by atoms with Gasteiger partial charge in [-0.3, -0.25) is 0 Å². The molecule has 1 unspecified atom stereocenters. The number of ether oxygens (including phenoxy) is 1. The standard InChI is InChI=1S/C15H26N4O/c1-4-20-15-8-14(17-11-18-15)19-7-5-6-13(19)10-16-9-12(2)3/h8,11-13,16H,4-7,9-10H2,1-3H3. The number of hydrogen-bond acceptors (Lipinski definition) is 5. The first-order chi connectivity index (χ1) is 9.70. The molecule has 1 aliphatic heterocycles. The predicted molar refractivity (Wildman–Crippen MR) is 81.3 cm³/mol. The summed E-state index contributed by atoms with van der Waals surface area (Å²) >= 11 is 0. The Kier molecular flexibility index (Phi) is 5.59. The summed E-state index contributed by atoms with van der Waals surface area (Å²) in [5.41, 5.74) is 0. The maximum Gasteiger partial charge on any atom is 0.218 e. The van der Waals surface area contributed by atoms with Gasteiger partial charge in [0.2, 0.25) is 5.88 Å². The Hall–Kier alpha value is -1.36. The quantitative estimate of drug-likeness (QED) is 0.827. The SMILES string of the molecule is CCOc1cc(N2CCCC2CNCC(C)C)ncn1. The summed E-state index contributed by atoms with van der Waals surface area (Å²) in [5.74, 6) is 2.34. The third kappa shape index (κ3) is 4.07. The van der Waals surface area contributed by atoms with Crippen LogP contribution < -0.4 is 15.0 Å². The van der Waals surface area contributed by atoms with Crippen LogP contribution in [-0.4, -0.2) is 42.3 Å². The number of nitrogens with zero attached hydrogens (tertiary/aromatic N) is 3. The molecule has 20 heavy (non-hydrogen) atoms. The Morgan fingerprint density at radius 2 is 2.30 bits per heavy atom. The van der Waals surface area contributed by atoms with Crippen LogP contribution in [0.4, 0.5) is 5.82 Å². The first-order valence-corrected chi connectivity index (χ1v) is 7.63. The van der Waals surface area contributed by atoms with E-state index in [1.807, 2.05) is 13.0 Å². The third-order valence-electron chi connectivity index (χ3n) is 3.52. The molecule has 5 heteroatoms. The van der Waals surface area contributed by atoms with Crippen molar-refractivity contribution in [2.45, 2.75) is 39.7 Å². The minimum absolute atomic E-state index is 0.526. The molecule has 1 aliphatic rings. The van der Waals surface area contributed by atoms with E-state index in [-0.39, 0.29) is 0 Å². The molecule has 2 heterocycles. The second-order valence-corrected chi connectivity index (χ2v) is 5.69. The molecule has 2 rings (SSSR count). The number of anilines is 1. The summed E-state index contributed by atoms with van der Waals surface area (Å²) in [6.45, 7) is 10.2. The Morgan fingerprint density at radius 3 is 3.05 bits per heavy atom. The minimum Gasteiger partial charge on any atom is -0.478 e. The summed E-state index contributed by atoms with van der Waals surface area (Å²) in [6.07, 6.45) is 4.04. The molecule has 1 N–H and O–H groups in total. The van der Waals surface area contributed by atoms with Gasteiger partial charge in [-0.2, -0.15) is 0 Å². The Bertz CT molecular complexity index is 411. The lowest BCUT2D eigenvalue weighted by Crippen LogP contribution is -2.39. The normalized spacial score (nSPS) is 18.8. The van der Waals surface area contributed by atoms with Crippen LogP contribution in [0.2, 0.25) is 0 Å². The highest BCUT2D eigenvalue weighted by molar-refractivity contribution is 5.43. The molecule has 0 aliphatic carbocycles. The second-order valence-electron chi connectivity index (χ2n) is 5.69. The fourth-order valence-electron chi connectivity index (χ4n) is 2.60. The van der Waals surface area contributed by atoms with Crippen molar-refractivity contribution in [3.8, 4) is 5.88 Å². The summed E-state index contributed by atoms with van der Waals surface area (Å²) < 4.78 is 5.46. The predicted octanol–water partition coefficient (Wildman–Crippen LogP) is 2.09. The van der Waals surface area contributed by atoms with Gasteiger partial charge in [-0.05, 0) is 32.2 Å². The molecular formula is C15H26N4O. The molecule has 0 spiro atoms. The molecule has 1 fully saturated rings. The lowest BCUT2D eigenvalue weighted by molar-refractivity contribution is 0.326. The van der Waals surface area contributed by atoms with Gasteiger partial charge in [0.05, 0.1) is 6.61 Å². The van der Waals surface area contributed by atoms with E-state index in [0.29, 0.717) is 24.4 Å². The van der Waals surface area contributed by atoms with Crippen molar-refractivity contribution < 1.29 is 4.74 Å². The number of aromatic nitrogens is 2. The van der Waals surface area contributed by atoms with Crippen LogP contribution in [-0.2, 0) is 0 Å². The average molecular weight is 278 g/mol. The molecule has 0 aromatic carbocycles. The van der Waals surface area contributed by atoms with Gasteiger partial charge in [0.15, 0.2) is 0 Å². The van der Waals surface area contributed by atoms with Crippen LogP contribution in [0.3, 0.4) is 0 Å². The summed E-state index contributed by atoms with van der Waals surface area (Å²) in [4.78, 5) is 10.9. The monoisotopic (exact) mass is 278 g/mol. The molecule has 0 amide bonds. The summed E-state index contributed by atoms with van der Waals surface area (Å²) in [7, 11) is 0. The molecule has 1 atom stereocenters. The highest BCUT2D eigenvalue weighted by atomic mass is 16.5. The Morgan fingerprint density at radius 1 is 1.45 bits per heavy atom. The Balaban J connectivity index is 1.97. The van der Waals surface area contributed by atoms with Crippen LogP contribution in [0.5, 0.6) is 5.88 Å². The number of nitrogens with one attached hydrogen (secondary N) is 1. The lowest BCUT2D eigenvalue weighted by atomic mass is 10.2. The number of hydrogen-bond donors (Lipinski definition) is 1. The van der Waals surface area contributed by atoms with E-state index >= 15 is 0 Å². The second kappa shape index (κ2) is 7.43. The zero-order valence-electron chi connectivity index (χ0n) is 12.8. The molecule has 112 valence electrons. The van der Waals surface area contributed by atoms with E-state index in [1.165, 1.54) is 12.8 Å². The van der Waals surface area contributed by atoms with Crippen LogP contribution in [0.1, 0.15) is 33.6 Å². The fraction of sp³-hybridized carbons (Fsp3) is 0.733. The van der Waals surface area contributed by atoms with Crippen molar-refractivity contribution in [2.75, 3.05) is 31.1 Å². The highest BCUT2D eigenvalue weighted by Crippen LogP contribution is 2.25. The van der Waals surface area contributed by atoms with Crippen molar-refractivity contribution in [3.63, 3.8) is 0 Å². The van der Waals surface area contributed by atoms with E-state index in [9.17, 15) is 0 Å². The summed E-state index contributed by atoms with van der Waals surface area (Å²) in [5, 5.41) is 3.55. The van der Waals surface area contributed by atoms with Crippen molar-refractivity contribution in [1.29, 1.82) is 0 Å². The van der Waals surface area contributed by atoms with E-state index in [4.69, 9.17) is 4.74 Å². The smallest absolute Gasteiger partial charge is 0.218 e. The molecular weight excluding hydrogens is 252 g/mol. The van der Waals surface area contributed by atoms with Gasteiger partial charge in [0.1, 0.15) is 12.1 Å². The van der Waals surface area contributed by atoms with Crippen LogP contribution in [0.25, 0.3) is 0 Å². The summed E-state index contributed by atoms with van der Waals surface area (Å²) in [6, 6.07) is 2.47. The van der Waals surface area contributed by atoms with Gasteiger partial charge >= 0.3 is 0 Å². The zero-order chi connectivity index (χ0) is 14.4. The van der Waals surface area contributed by atoms with Gasteiger partial charge < -0.3 is 15.0 Å². The highest BCUT2D eigenvalue weighted by Gasteiger charge is 2.25. The average Bonchev–Trinajstić information content (AvgIpc) is 2.87. The van der Waals surface area contributed by atoms with Crippen molar-refractivity contribution in [2.24, 2.45) is 5.92 Å². The van der Waals surface area contributed by atoms with E-state index in [0.717, 1.165) is 25.5 Å². The van der Waals surface area contributed by atoms with Gasteiger partial charge in [0, 0.05) is 25.2 Å². The zero-order valence-corrected chi connectivity index (χ0v) is 12.8. The first kappa shape index (κ1) is 15.0. The molecule has 1 saturated heterocycles. The molecule has 5 nitrogen and oxygen atoms in total. The van der Waals surface area contributed by atoms with Crippen molar-refractivity contribution >= 4 is 5.82 Å². The van der Waals surface area contributed by atoms with Gasteiger partial charge in [-0.15, -0.1) is 0 Å². The van der Waals surface area contributed by atoms with Gasteiger partial charge in [0.25, 0.3) is 0 Å². The van der Waals surface area contributed by atoms with E-state index in [2.05, 4.69) is 34.0 Å². The molecule has 0 bridgehead atoms. The lowest BCUT2D eigenvalue weighted by Gasteiger charge is -2.26. The van der Waals surface area contributed by atoms with Crippen LogP contribution in [0, 0.1) is 5.92 Å². The van der Waals surface area contributed by atoms with Crippen LogP contribution >= 0.6 is 0 Å². The van der Waals surface area contributed by atoms with Crippen LogP contribution in [0.15, 0.2) is 12.4 Å². The number of rotatable bonds is 7. The maximum atomic E-state index is 5.46. The Labute approximate surface area is 121 Å².